The Hall–Kier alpha value is -4.51. The van der Waals surface area contributed by atoms with Crippen LogP contribution in [0.25, 0.3) is 5.57 Å². The molecule has 0 saturated carbocycles. The predicted molar refractivity (Wildman–Crippen MR) is 165 cm³/mol. The fourth-order valence-electron chi connectivity index (χ4n) is 6.25. The average molecular weight is 673 g/mol. The van der Waals surface area contributed by atoms with Crippen LogP contribution in [0.3, 0.4) is 0 Å². The van der Waals surface area contributed by atoms with Gasteiger partial charge in [-0.1, -0.05) is 18.2 Å². The van der Waals surface area contributed by atoms with Crippen molar-refractivity contribution in [1.82, 2.24) is 0 Å². The minimum atomic E-state index is -5.02. The van der Waals surface area contributed by atoms with Crippen LogP contribution >= 0.6 is 12.4 Å². The third-order valence-corrected chi connectivity index (χ3v) is 8.40. The lowest BCUT2D eigenvalue weighted by atomic mass is 9.87. The highest BCUT2D eigenvalue weighted by Crippen LogP contribution is 2.42. The maximum absolute atomic E-state index is 13.6. The Labute approximate surface area is 271 Å². The number of esters is 1. The van der Waals surface area contributed by atoms with Gasteiger partial charge in [0.2, 0.25) is 0 Å². The molecule has 4 aromatic carbocycles. The predicted octanol–water partition coefficient (Wildman–Crippen LogP) is 7.78. The zero-order chi connectivity index (χ0) is 32.2. The van der Waals surface area contributed by atoms with Gasteiger partial charge in [0.15, 0.2) is 0 Å². The molecule has 12 heteroatoms. The molecule has 0 spiro atoms. The minimum Gasteiger partial charge on any atom is -0.457 e. The number of aryl methyl sites for hydroxylation is 2. The number of nitrogens with zero attached hydrogens (tertiary/aromatic N) is 1. The van der Waals surface area contributed by atoms with E-state index in [0.29, 0.717) is 41.3 Å². The Balaban J connectivity index is 0.00000386. The summed E-state index contributed by atoms with van der Waals surface area (Å²) in [5.74, 6) is 0.254. The minimum absolute atomic E-state index is 0. The fraction of sp³-hybridized carbons (Fsp3) is 0.257. The molecule has 4 aromatic rings. The van der Waals surface area contributed by atoms with Gasteiger partial charge < -0.3 is 14.8 Å². The van der Waals surface area contributed by atoms with E-state index >= 15 is 0 Å². The molecule has 0 fully saturated rings. The van der Waals surface area contributed by atoms with Crippen LogP contribution in [0.4, 0.5) is 32.0 Å². The molecule has 0 unspecified atom stereocenters. The molecule has 0 amide bonds. The van der Waals surface area contributed by atoms with Crippen molar-refractivity contribution < 1.29 is 40.6 Å². The number of carbonyl (C=O) groups excluding carboxylic acids is 1. The third kappa shape index (κ3) is 6.28. The van der Waals surface area contributed by atoms with E-state index in [0.717, 1.165) is 65.2 Å². The zero-order valence-corrected chi connectivity index (χ0v) is 25.5. The summed E-state index contributed by atoms with van der Waals surface area (Å²) in [5, 5.41) is 5.00. The second-order valence-corrected chi connectivity index (χ2v) is 11.5. The standard InChI is InChI=1S/C35H26F6N2O3.ClH/c36-34(37,38)22-11-19(12-23(15-22)35(39,40)41)18-45-33(44)25-8-2-1-7-24(25)32-26-13-20-5-3-9-42-28(20)16-30(26)46-31-17-29-21(14-27(31)32)6-4-10-43-29;/h1-2,7-8,11-17,42H,3-6,9-10,18H2;1H. The first-order chi connectivity index (χ1) is 22.0. The topological polar surface area (TPSA) is 59.9 Å². The van der Waals surface area contributed by atoms with Crippen LogP contribution in [-0.2, 0) is 36.5 Å². The molecule has 0 saturated heterocycles. The van der Waals surface area contributed by atoms with Gasteiger partial charge in [0.25, 0.3) is 0 Å². The maximum atomic E-state index is 13.6. The summed E-state index contributed by atoms with van der Waals surface area (Å²) in [6, 6.07) is 15.7. The average Bonchev–Trinajstić information content (AvgIpc) is 3.03. The summed E-state index contributed by atoms with van der Waals surface area (Å²) in [7, 11) is 0. The van der Waals surface area contributed by atoms with Crippen molar-refractivity contribution in [2.75, 3.05) is 18.4 Å². The van der Waals surface area contributed by atoms with Crippen molar-refractivity contribution in [3.05, 3.63) is 122 Å². The first-order valence-corrected chi connectivity index (χ1v) is 14.8. The first-order valence-electron chi connectivity index (χ1n) is 14.8. The number of ether oxygens (including phenoxy) is 2. The highest BCUT2D eigenvalue weighted by Gasteiger charge is 2.37. The van der Waals surface area contributed by atoms with Crippen molar-refractivity contribution >= 4 is 29.6 Å². The van der Waals surface area contributed by atoms with Crippen LogP contribution in [0.15, 0.2) is 71.7 Å². The number of fused-ring (bicyclic) bond motifs is 4. The number of carbonyl (C=O) groups is 1. The number of rotatable bonds is 4. The second kappa shape index (κ2) is 12.3. The van der Waals surface area contributed by atoms with E-state index in [4.69, 9.17) is 9.47 Å². The summed E-state index contributed by atoms with van der Waals surface area (Å²) in [5.41, 5.74) is 1.78. The fourth-order valence-corrected chi connectivity index (χ4v) is 6.25. The zero-order valence-electron chi connectivity index (χ0n) is 24.6. The molecule has 3 aliphatic heterocycles. The number of anilines is 1. The molecule has 0 aromatic heterocycles. The van der Waals surface area contributed by atoms with Gasteiger partial charge in [0, 0.05) is 47.3 Å². The largest absolute Gasteiger partial charge is 0.457 e. The Morgan fingerprint density at radius 2 is 1.55 bits per heavy atom. The van der Waals surface area contributed by atoms with Gasteiger partial charge in [0.1, 0.15) is 18.1 Å². The smallest absolute Gasteiger partial charge is 0.416 e. The number of halogens is 7. The van der Waals surface area contributed by atoms with E-state index in [1.165, 1.54) is 6.07 Å². The Bertz CT molecular complexity index is 1990. The van der Waals surface area contributed by atoms with Gasteiger partial charge in [-0.3, -0.25) is 4.99 Å². The highest BCUT2D eigenvalue weighted by atomic mass is 35.5. The van der Waals surface area contributed by atoms with Crippen molar-refractivity contribution in [1.29, 1.82) is 0 Å². The van der Waals surface area contributed by atoms with Crippen LogP contribution < -0.4 is 20.6 Å². The number of hydrogen-bond donors (Lipinski definition) is 1. The van der Waals surface area contributed by atoms with Crippen molar-refractivity contribution in [2.24, 2.45) is 4.99 Å². The van der Waals surface area contributed by atoms with E-state index in [1.807, 2.05) is 24.3 Å². The van der Waals surface area contributed by atoms with Crippen molar-refractivity contribution in [3.8, 4) is 11.5 Å². The van der Waals surface area contributed by atoms with Crippen LogP contribution in [-0.4, -0.2) is 19.1 Å². The highest BCUT2D eigenvalue weighted by molar-refractivity contribution is 5.99. The Morgan fingerprint density at radius 3 is 2.30 bits per heavy atom. The first kappa shape index (κ1) is 32.4. The van der Waals surface area contributed by atoms with E-state index in [-0.39, 0.29) is 24.0 Å². The molecule has 1 N–H and O–H groups in total. The Morgan fingerprint density at radius 1 is 0.830 bits per heavy atom. The molecule has 47 heavy (non-hydrogen) atoms. The van der Waals surface area contributed by atoms with Crippen molar-refractivity contribution in [2.45, 2.75) is 44.6 Å². The number of hydrogen-bond acceptors (Lipinski definition) is 5. The summed E-state index contributed by atoms with van der Waals surface area (Å²) in [6.45, 7) is 0.748. The van der Waals surface area contributed by atoms with Gasteiger partial charge >= 0.3 is 18.3 Å². The van der Waals surface area contributed by atoms with Crippen LogP contribution in [0.5, 0.6) is 11.5 Å². The van der Waals surface area contributed by atoms with Crippen LogP contribution in [0, 0.1) is 0 Å². The monoisotopic (exact) mass is 672 g/mol. The van der Waals surface area contributed by atoms with Gasteiger partial charge in [-0.2, -0.15) is 26.3 Å². The molecular weight excluding hydrogens is 646 g/mol. The summed E-state index contributed by atoms with van der Waals surface area (Å²) < 4.78 is 92.3. The van der Waals surface area contributed by atoms with Gasteiger partial charge in [-0.15, -0.1) is 12.4 Å². The quantitative estimate of drug-likeness (QED) is 0.157. The lowest BCUT2D eigenvalue weighted by molar-refractivity contribution is -0.143. The molecule has 3 heterocycles. The molecule has 0 aliphatic carbocycles. The molecule has 7 rings (SSSR count). The lowest BCUT2D eigenvalue weighted by Crippen LogP contribution is -2.26. The number of alkyl halides is 6. The van der Waals surface area contributed by atoms with Crippen LogP contribution in [0.2, 0.25) is 0 Å². The number of benzene rings is 4. The number of nitrogens with one attached hydrogen (secondary N) is 1. The summed E-state index contributed by atoms with van der Waals surface area (Å²) >= 11 is 0. The van der Waals surface area contributed by atoms with Gasteiger partial charge in [-0.05, 0) is 84.3 Å². The summed E-state index contributed by atoms with van der Waals surface area (Å²) in [4.78, 5) is 18.2. The maximum Gasteiger partial charge on any atom is 0.416 e. The van der Waals surface area contributed by atoms with E-state index in [1.54, 1.807) is 18.2 Å². The van der Waals surface area contributed by atoms with E-state index < -0.39 is 41.6 Å². The molecule has 5 nitrogen and oxygen atoms in total. The third-order valence-electron chi connectivity index (χ3n) is 8.40. The van der Waals surface area contributed by atoms with E-state index in [2.05, 4.69) is 10.3 Å². The molecule has 0 radical (unpaired) electrons. The van der Waals surface area contributed by atoms with E-state index in [9.17, 15) is 31.1 Å². The molecule has 0 bridgehead atoms. The van der Waals surface area contributed by atoms with Gasteiger partial charge in [-0.25, -0.2) is 4.79 Å². The molecule has 0 atom stereocenters. The molecule has 3 aliphatic rings. The van der Waals surface area contributed by atoms with Crippen LogP contribution in [0.1, 0.15) is 62.1 Å². The summed E-state index contributed by atoms with van der Waals surface area (Å²) in [6.07, 6.45) is -6.53. The Kier molecular flexibility index (Phi) is 8.46. The molecule has 244 valence electrons. The lowest BCUT2D eigenvalue weighted by Gasteiger charge is -2.27. The normalized spacial score (nSPS) is 15.0. The molecular formula is C35H27ClF6N2O3. The SMILES string of the molecule is Cl.O=C(OCc1cc(C(F)(F)F)cc(C(F)(F)F)c1)c1ccccc1C1=c2cc3c(cc2Oc2cc4c(cc21)CCCN4)=NCCC3. The van der Waals surface area contributed by atoms with Crippen molar-refractivity contribution in [3.63, 3.8) is 0 Å². The van der Waals surface area contributed by atoms with Gasteiger partial charge in [0.05, 0.1) is 22.0 Å². The second-order valence-electron chi connectivity index (χ2n) is 11.5.